The van der Waals surface area contributed by atoms with Crippen molar-refractivity contribution in [3.63, 3.8) is 0 Å². The third-order valence-corrected chi connectivity index (χ3v) is 4.86. The summed E-state index contributed by atoms with van der Waals surface area (Å²) in [4.78, 5) is 19.7. The molecule has 0 aliphatic rings. The number of rotatable bonds is 8. The number of aromatic nitrogens is 2. The number of nitrogens with one attached hydrogen (secondary N) is 1. The molecule has 0 radical (unpaired) electrons. The highest BCUT2D eigenvalue weighted by Gasteiger charge is 2.34. The first-order chi connectivity index (χ1) is 14.4. The second-order valence-corrected chi connectivity index (χ2v) is 7.04. The fraction of sp³-hybridized carbons (Fsp3) is 0.250. The number of furan rings is 1. The van der Waals surface area contributed by atoms with Crippen molar-refractivity contribution >= 4 is 17.7 Å². The minimum absolute atomic E-state index is 0.00130. The van der Waals surface area contributed by atoms with Crippen molar-refractivity contribution in [2.45, 2.75) is 17.8 Å². The van der Waals surface area contributed by atoms with Crippen LogP contribution in [0.1, 0.15) is 11.3 Å². The van der Waals surface area contributed by atoms with Crippen molar-refractivity contribution in [1.82, 2.24) is 15.3 Å². The third kappa shape index (κ3) is 5.76. The Hall–Kier alpha value is -3.01. The summed E-state index contributed by atoms with van der Waals surface area (Å²) in [5.41, 5.74) is -0.151. The van der Waals surface area contributed by atoms with Gasteiger partial charge in [0.15, 0.2) is 10.9 Å². The maximum atomic E-state index is 13.2. The number of carbonyl (C=O) groups is 1. The molecule has 0 aliphatic heterocycles. The topological polar surface area (TPSA) is 77.2 Å². The normalized spacial score (nSPS) is 11.3. The van der Waals surface area contributed by atoms with Gasteiger partial charge in [0.1, 0.15) is 17.1 Å². The molecule has 0 saturated carbocycles. The fourth-order valence-corrected chi connectivity index (χ4v) is 3.30. The van der Waals surface area contributed by atoms with Crippen molar-refractivity contribution < 1.29 is 27.1 Å². The monoisotopic (exact) mass is 437 g/mol. The van der Waals surface area contributed by atoms with Crippen LogP contribution in [0.3, 0.4) is 0 Å². The Balaban J connectivity index is 1.60. The number of benzene rings is 1. The molecule has 6 nitrogen and oxygen atoms in total. The van der Waals surface area contributed by atoms with E-state index in [0.717, 1.165) is 29.1 Å². The van der Waals surface area contributed by atoms with E-state index in [1.807, 2.05) is 24.3 Å². The average Bonchev–Trinajstić information content (AvgIpc) is 3.27. The fourth-order valence-electron chi connectivity index (χ4n) is 2.61. The number of nitrogens with zero attached hydrogens (tertiary/aromatic N) is 2. The highest BCUT2D eigenvalue weighted by molar-refractivity contribution is 7.99. The number of ether oxygens (including phenoxy) is 1. The Morgan fingerprint density at radius 3 is 2.70 bits per heavy atom. The molecule has 30 heavy (non-hydrogen) atoms. The van der Waals surface area contributed by atoms with Gasteiger partial charge in [-0.05, 0) is 36.2 Å². The van der Waals surface area contributed by atoms with Crippen molar-refractivity contribution in [3.8, 4) is 17.2 Å². The predicted molar refractivity (Wildman–Crippen MR) is 105 cm³/mol. The number of amides is 1. The zero-order valence-electron chi connectivity index (χ0n) is 15.9. The summed E-state index contributed by atoms with van der Waals surface area (Å²) < 4.78 is 49.9. The lowest BCUT2D eigenvalue weighted by molar-refractivity contribution is -0.141. The van der Waals surface area contributed by atoms with Crippen LogP contribution in [-0.4, -0.2) is 35.3 Å². The lowest BCUT2D eigenvalue weighted by Crippen LogP contribution is -2.27. The molecule has 0 spiro atoms. The Morgan fingerprint density at radius 1 is 1.20 bits per heavy atom. The Kier molecular flexibility index (Phi) is 6.99. The van der Waals surface area contributed by atoms with Gasteiger partial charge < -0.3 is 14.5 Å². The summed E-state index contributed by atoms with van der Waals surface area (Å²) >= 11 is 0.824. The number of alkyl halides is 3. The van der Waals surface area contributed by atoms with Crippen molar-refractivity contribution in [2.75, 3.05) is 19.4 Å². The number of thioether (sulfide) groups is 1. The second kappa shape index (κ2) is 9.66. The van der Waals surface area contributed by atoms with E-state index in [1.54, 1.807) is 13.2 Å². The quantitative estimate of drug-likeness (QED) is 0.420. The summed E-state index contributed by atoms with van der Waals surface area (Å²) in [5.74, 6) is 0.454. The van der Waals surface area contributed by atoms with E-state index >= 15 is 0 Å². The van der Waals surface area contributed by atoms with Crippen molar-refractivity contribution in [1.29, 1.82) is 0 Å². The van der Waals surface area contributed by atoms with Gasteiger partial charge in [-0.25, -0.2) is 9.97 Å². The lowest BCUT2D eigenvalue weighted by atomic mass is 10.1. The highest BCUT2D eigenvalue weighted by atomic mass is 32.2. The summed E-state index contributed by atoms with van der Waals surface area (Å²) in [6.07, 6.45) is -2.74. The largest absolute Gasteiger partial charge is 0.496 e. The maximum absolute atomic E-state index is 13.2. The number of hydrogen-bond acceptors (Lipinski definition) is 6. The number of carbonyl (C=O) groups excluding carboxylic acids is 1. The van der Waals surface area contributed by atoms with E-state index in [4.69, 9.17) is 9.15 Å². The Bertz CT molecular complexity index is 994. The molecular weight excluding hydrogens is 419 g/mol. The summed E-state index contributed by atoms with van der Waals surface area (Å²) in [5, 5.41) is 2.57. The molecule has 1 amide bonds. The van der Waals surface area contributed by atoms with E-state index in [2.05, 4.69) is 15.3 Å². The molecule has 0 saturated heterocycles. The first kappa shape index (κ1) is 21.7. The minimum atomic E-state index is -4.64. The zero-order valence-corrected chi connectivity index (χ0v) is 16.7. The molecular formula is C20H18F3N3O3S. The van der Waals surface area contributed by atoms with Crippen LogP contribution in [-0.2, 0) is 17.4 Å². The van der Waals surface area contributed by atoms with Crippen LogP contribution < -0.4 is 10.1 Å². The van der Waals surface area contributed by atoms with Gasteiger partial charge in [0.2, 0.25) is 5.91 Å². The number of halogens is 3. The van der Waals surface area contributed by atoms with Crippen molar-refractivity contribution in [3.05, 3.63) is 60.0 Å². The number of methoxy groups -OCH3 is 1. The highest BCUT2D eigenvalue weighted by Crippen LogP contribution is 2.32. The average molecular weight is 437 g/mol. The van der Waals surface area contributed by atoms with Gasteiger partial charge in [-0.2, -0.15) is 13.2 Å². The van der Waals surface area contributed by atoms with E-state index in [-0.39, 0.29) is 28.3 Å². The van der Waals surface area contributed by atoms with Crippen LogP contribution in [0.5, 0.6) is 5.75 Å². The van der Waals surface area contributed by atoms with Crippen LogP contribution in [0.2, 0.25) is 0 Å². The van der Waals surface area contributed by atoms with E-state index in [9.17, 15) is 18.0 Å². The van der Waals surface area contributed by atoms with Gasteiger partial charge in [-0.1, -0.05) is 30.0 Å². The SMILES string of the molecule is COc1ccccc1CCNC(=O)CSc1nc(-c2ccco2)cc(C(F)(F)F)n1. The molecule has 0 fully saturated rings. The second-order valence-electron chi connectivity index (χ2n) is 6.10. The molecule has 2 heterocycles. The van der Waals surface area contributed by atoms with Gasteiger partial charge in [0.05, 0.1) is 19.1 Å². The van der Waals surface area contributed by atoms with Crippen LogP contribution in [0.25, 0.3) is 11.5 Å². The number of para-hydroxylation sites is 1. The minimum Gasteiger partial charge on any atom is -0.496 e. The molecule has 158 valence electrons. The zero-order chi connectivity index (χ0) is 21.6. The molecule has 1 aromatic carbocycles. The summed E-state index contributed by atoms with van der Waals surface area (Å²) in [6.45, 7) is 0.362. The van der Waals surface area contributed by atoms with Crippen LogP contribution in [0.15, 0.2) is 58.3 Å². The van der Waals surface area contributed by atoms with Crippen LogP contribution in [0, 0.1) is 0 Å². The standard InChI is InChI=1S/C20H18F3N3O3S/c1-28-15-6-3-2-5-13(15)8-9-24-18(27)12-30-19-25-14(16-7-4-10-29-16)11-17(26-19)20(21,22)23/h2-7,10-11H,8-9,12H2,1H3,(H,24,27). The predicted octanol–water partition coefficient (Wildman–Crippen LogP) is 4.22. The molecule has 10 heteroatoms. The maximum Gasteiger partial charge on any atom is 0.433 e. The molecule has 1 N–H and O–H groups in total. The molecule has 0 bridgehead atoms. The van der Waals surface area contributed by atoms with Crippen molar-refractivity contribution in [2.24, 2.45) is 0 Å². The molecule has 0 unspecified atom stereocenters. The Labute approximate surface area is 174 Å². The Morgan fingerprint density at radius 2 is 2.00 bits per heavy atom. The molecule has 0 aliphatic carbocycles. The van der Waals surface area contributed by atoms with Gasteiger partial charge >= 0.3 is 6.18 Å². The van der Waals surface area contributed by atoms with E-state index in [0.29, 0.717) is 13.0 Å². The van der Waals surface area contributed by atoms with Crippen LogP contribution >= 0.6 is 11.8 Å². The molecule has 0 atom stereocenters. The smallest absolute Gasteiger partial charge is 0.433 e. The van der Waals surface area contributed by atoms with E-state index in [1.165, 1.54) is 12.3 Å². The van der Waals surface area contributed by atoms with Crippen LogP contribution in [0.4, 0.5) is 13.2 Å². The summed E-state index contributed by atoms with van der Waals surface area (Å²) in [7, 11) is 1.57. The first-order valence-corrected chi connectivity index (χ1v) is 9.87. The van der Waals surface area contributed by atoms with Gasteiger partial charge in [-0.3, -0.25) is 4.79 Å². The lowest BCUT2D eigenvalue weighted by Gasteiger charge is -2.10. The third-order valence-electron chi connectivity index (χ3n) is 4.01. The van der Waals surface area contributed by atoms with Gasteiger partial charge in [-0.15, -0.1) is 0 Å². The van der Waals surface area contributed by atoms with Gasteiger partial charge in [0.25, 0.3) is 0 Å². The first-order valence-electron chi connectivity index (χ1n) is 8.88. The van der Waals surface area contributed by atoms with E-state index < -0.39 is 11.9 Å². The summed E-state index contributed by atoms with van der Waals surface area (Å²) in [6, 6.07) is 11.3. The van der Waals surface area contributed by atoms with Gasteiger partial charge in [0, 0.05) is 6.54 Å². The number of hydrogen-bond donors (Lipinski definition) is 1. The molecule has 2 aromatic heterocycles. The molecule has 3 rings (SSSR count). The molecule has 3 aromatic rings.